The van der Waals surface area contributed by atoms with Crippen molar-refractivity contribution in [3.8, 4) is 0 Å². The fourth-order valence-electron chi connectivity index (χ4n) is 2.56. The highest BCUT2D eigenvalue weighted by atomic mass is 16.6. The molecule has 1 N–H and O–H groups in total. The van der Waals surface area contributed by atoms with Crippen LogP contribution in [0, 0.1) is 5.92 Å². The number of nitrogens with zero attached hydrogens (tertiary/aromatic N) is 1. The van der Waals surface area contributed by atoms with Crippen LogP contribution in [0.1, 0.15) is 40.0 Å². The fourth-order valence-corrected chi connectivity index (χ4v) is 2.56. The Kier molecular flexibility index (Phi) is 3.47. The topological polar surface area (TPSA) is 76.1 Å². The molecule has 6 nitrogen and oxygen atoms in total. The molecule has 2 fully saturated rings. The SMILES string of the molecule is CC(C)(C)OC(=O)N1CCCOC12CC(C(=O)O)C2. The molecule has 0 unspecified atom stereocenters. The van der Waals surface area contributed by atoms with Crippen LogP contribution in [-0.4, -0.2) is 46.5 Å². The van der Waals surface area contributed by atoms with Crippen molar-refractivity contribution in [1.29, 1.82) is 0 Å². The predicted octanol–water partition coefficient (Wildman–Crippen LogP) is 1.83. The number of hydrogen-bond donors (Lipinski definition) is 1. The summed E-state index contributed by atoms with van der Waals surface area (Å²) in [6.45, 7) is 6.54. The van der Waals surface area contributed by atoms with Gasteiger partial charge in [0.05, 0.1) is 12.5 Å². The average molecular weight is 271 g/mol. The molecule has 108 valence electrons. The Morgan fingerprint density at radius 1 is 1.37 bits per heavy atom. The molecule has 1 aliphatic heterocycles. The molecule has 1 spiro atoms. The van der Waals surface area contributed by atoms with Gasteiger partial charge in [-0.1, -0.05) is 0 Å². The maximum absolute atomic E-state index is 12.2. The van der Waals surface area contributed by atoms with E-state index in [0.29, 0.717) is 26.0 Å². The van der Waals surface area contributed by atoms with Crippen molar-refractivity contribution in [3.05, 3.63) is 0 Å². The van der Waals surface area contributed by atoms with Crippen molar-refractivity contribution >= 4 is 12.1 Å². The summed E-state index contributed by atoms with van der Waals surface area (Å²) in [5.74, 6) is -1.26. The van der Waals surface area contributed by atoms with Crippen molar-refractivity contribution < 1.29 is 24.2 Å². The van der Waals surface area contributed by atoms with E-state index in [-0.39, 0.29) is 0 Å². The molecule has 2 aliphatic rings. The van der Waals surface area contributed by atoms with E-state index in [4.69, 9.17) is 14.6 Å². The highest BCUT2D eigenvalue weighted by Gasteiger charge is 2.56. The highest BCUT2D eigenvalue weighted by Crippen LogP contribution is 2.45. The summed E-state index contributed by atoms with van der Waals surface area (Å²) in [5, 5.41) is 8.97. The van der Waals surface area contributed by atoms with E-state index >= 15 is 0 Å². The first-order valence-corrected chi connectivity index (χ1v) is 6.61. The molecule has 0 bridgehead atoms. The Balaban J connectivity index is 2.06. The number of ether oxygens (including phenoxy) is 2. The molecule has 6 heteroatoms. The van der Waals surface area contributed by atoms with Crippen molar-refractivity contribution in [3.63, 3.8) is 0 Å². The number of carboxylic acid groups (broad SMARTS) is 1. The second-order valence-electron chi connectivity index (χ2n) is 6.22. The van der Waals surface area contributed by atoms with Gasteiger partial charge in [-0.05, 0) is 27.2 Å². The number of carbonyl (C=O) groups excluding carboxylic acids is 1. The molecule has 0 aromatic heterocycles. The lowest BCUT2D eigenvalue weighted by molar-refractivity contribution is -0.238. The Labute approximate surface area is 112 Å². The number of rotatable bonds is 1. The highest BCUT2D eigenvalue weighted by molar-refractivity contribution is 5.74. The summed E-state index contributed by atoms with van der Waals surface area (Å²) in [6, 6.07) is 0. The van der Waals surface area contributed by atoms with Gasteiger partial charge in [-0.15, -0.1) is 0 Å². The zero-order valence-electron chi connectivity index (χ0n) is 11.6. The van der Waals surface area contributed by atoms with Crippen LogP contribution in [-0.2, 0) is 14.3 Å². The molecular formula is C13H21NO5. The molecule has 1 saturated heterocycles. The second kappa shape index (κ2) is 4.67. The zero-order valence-corrected chi connectivity index (χ0v) is 11.6. The van der Waals surface area contributed by atoms with E-state index in [0.717, 1.165) is 6.42 Å². The van der Waals surface area contributed by atoms with Gasteiger partial charge in [-0.3, -0.25) is 9.69 Å². The summed E-state index contributed by atoms with van der Waals surface area (Å²) in [6.07, 6.45) is 1.03. The third kappa shape index (κ3) is 2.83. The van der Waals surface area contributed by atoms with Crippen LogP contribution in [0.25, 0.3) is 0 Å². The lowest BCUT2D eigenvalue weighted by Gasteiger charge is -2.54. The first-order chi connectivity index (χ1) is 8.73. The standard InChI is InChI=1S/C13H21NO5/c1-12(2,3)19-11(17)14-5-4-6-18-13(14)7-9(8-13)10(15)16/h9H,4-8H2,1-3H3,(H,15,16). The molecule has 0 aromatic rings. The first-order valence-electron chi connectivity index (χ1n) is 6.61. The van der Waals surface area contributed by atoms with Gasteiger partial charge in [0.15, 0.2) is 0 Å². The Hall–Kier alpha value is -1.30. The van der Waals surface area contributed by atoms with E-state index < -0.39 is 29.3 Å². The van der Waals surface area contributed by atoms with Gasteiger partial charge >= 0.3 is 12.1 Å². The van der Waals surface area contributed by atoms with Crippen molar-refractivity contribution in [2.24, 2.45) is 5.92 Å². The number of carboxylic acids is 1. The molecule has 0 aromatic carbocycles. The van der Waals surface area contributed by atoms with E-state index in [2.05, 4.69) is 0 Å². The lowest BCUT2D eigenvalue weighted by Crippen LogP contribution is -2.65. The van der Waals surface area contributed by atoms with Gasteiger partial charge in [-0.2, -0.15) is 0 Å². The molecule has 1 saturated carbocycles. The summed E-state index contributed by atoms with van der Waals surface area (Å²) < 4.78 is 11.1. The van der Waals surface area contributed by atoms with Crippen molar-refractivity contribution in [2.45, 2.75) is 51.4 Å². The van der Waals surface area contributed by atoms with E-state index in [1.54, 1.807) is 4.90 Å². The summed E-state index contributed by atoms with van der Waals surface area (Å²) in [7, 11) is 0. The number of carbonyl (C=O) groups is 2. The molecule has 0 atom stereocenters. The lowest BCUT2D eigenvalue weighted by atomic mass is 9.75. The van der Waals surface area contributed by atoms with Crippen molar-refractivity contribution in [2.75, 3.05) is 13.2 Å². The largest absolute Gasteiger partial charge is 0.481 e. The van der Waals surface area contributed by atoms with Gasteiger partial charge in [0.25, 0.3) is 0 Å². The summed E-state index contributed by atoms with van der Waals surface area (Å²) in [4.78, 5) is 24.7. The molecule has 1 amide bonds. The van der Waals surface area contributed by atoms with Crippen LogP contribution in [0.15, 0.2) is 0 Å². The molecule has 1 heterocycles. The average Bonchev–Trinajstić information content (AvgIpc) is 2.22. The van der Waals surface area contributed by atoms with Gasteiger partial charge in [0.1, 0.15) is 11.3 Å². The third-order valence-corrected chi connectivity index (χ3v) is 3.48. The van der Waals surface area contributed by atoms with Crippen LogP contribution >= 0.6 is 0 Å². The Morgan fingerprint density at radius 3 is 2.53 bits per heavy atom. The van der Waals surface area contributed by atoms with Crippen LogP contribution in [0.3, 0.4) is 0 Å². The third-order valence-electron chi connectivity index (χ3n) is 3.48. The summed E-state index contributed by atoms with van der Waals surface area (Å²) in [5.41, 5.74) is -1.32. The quantitative estimate of drug-likeness (QED) is 0.787. The summed E-state index contributed by atoms with van der Waals surface area (Å²) >= 11 is 0. The van der Waals surface area contributed by atoms with E-state index in [1.165, 1.54) is 0 Å². The van der Waals surface area contributed by atoms with Gasteiger partial charge in [-0.25, -0.2) is 4.79 Å². The van der Waals surface area contributed by atoms with Gasteiger partial charge in [0.2, 0.25) is 0 Å². The molecular weight excluding hydrogens is 250 g/mol. The zero-order chi connectivity index (χ0) is 14.3. The Bertz CT molecular complexity index is 381. The molecule has 0 radical (unpaired) electrons. The number of aliphatic carboxylic acids is 1. The van der Waals surface area contributed by atoms with Crippen LogP contribution in [0.2, 0.25) is 0 Å². The normalized spacial score (nSPS) is 30.9. The molecule has 19 heavy (non-hydrogen) atoms. The number of amides is 1. The maximum atomic E-state index is 12.2. The predicted molar refractivity (Wildman–Crippen MR) is 66.6 cm³/mol. The minimum absolute atomic E-state index is 0.349. The van der Waals surface area contributed by atoms with Crippen LogP contribution < -0.4 is 0 Å². The van der Waals surface area contributed by atoms with Gasteiger partial charge in [0, 0.05) is 19.4 Å². The minimum atomic E-state index is -0.830. The fraction of sp³-hybridized carbons (Fsp3) is 0.846. The Morgan fingerprint density at radius 2 is 2.00 bits per heavy atom. The smallest absolute Gasteiger partial charge is 0.412 e. The van der Waals surface area contributed by atoms with E-state index in [1.807, 2.05) is 20.8 Å². The van der Waals surface area contributed by atoms with Crippen molar-refractivity contribution in [1.82, 2.24) is 4.90 Å². The number of hydrogen-bond acceptors (Lipinski definition) is 4. The monoisotopic (exact) mass is 271 g/mol. The molecule has 2 rings (SSSR count). The van der Waals surface area contributed by atoms with E-state index in [9.17, 15) is 9.59 Å². The second-order valence-corrected chi connectivity index (χ2v) is 6.22. The first kappa shape index (κ1) is 14.1. The maximum Gasteiger partial charge on any atom is 0.412 e. The van der Waals surface area contributed by atoms with Gasteiger partial charge < -0.3 is 14.6 Å². The van der Waals surface area contributed by atoms with Crippen LogP contribution in [0.5, 0.6) is 0 Å². The minimum Gasteiger partial charge on any atom is -0.481 e. The molecule has 1 aliphatic carbocycles. The van der Waals surface area contributed by atoms with Crippen LogP contribution in [0.4, 0.5) is 4.79 Å².